The fraction of sp³-hybridized carbons (Fsp3) is 0.167. The predicted octanol–water partition coefficient (Wildman–Crippen LogP) is 5.16. The summed E-state index contributed by atoms with van der Waals surface area (Å²) in [7, 11) is 0. The van der Waals surface area contributed by atoms with Gasteiger partial charge in [0.1, 0.15) is 11.3 Å². The number of hydrogen-bond donors (Lipinski definition) is 0. The number of ether oxygens (including phenoxy) is 1. The van der Waals surface area contributed by atoms with Crippen molar-refractivity contribution in [2.24, 2.45) is 0 Å². The van der Waals surface area contributed by atoms with Gasteiger partial charge in [0.25, 0.3) is 0 Å². The molecule has 140 valence electrons. The Bertz CT molecular complexity index is 1220. The number of benzene rings is 3. The van der Waals surface area contributed by atoms with Gasteiger partial charge in [0.15, 0.2) is 12.4 Å². The van der Waals surface area contributed by atoms with Crippen LogP contribution < -0.4 is 10.4 Å². The molecule has 0 bridgehead atoms. The lowest BCUT2D eigenvalue weighted by Crippen LogP contribution is -2.11. The summed E-state index contributed by atoms with van der Waals surface area (Å²) >= 11 is 0. The standard InChI is InChI=1S/C24H20O4/c1-2-5-18-13-24(26)28-23-14-20(10-11-21(18)23)27-15-22(25)19-9-8-16-6-3-4-7-17(16)12-19/h3-4,6-14H,2,5,15H2,1H3. The molecule has 0 saturated heterocycles. The maximum absolute atomic E-state index is 12.5. The third kappa shape index (κ3) is 3.67. The highest BCUT2D eigenvalue weighted by molar-refractivity contribution is 6.00. The first-order valence-corrected chi connectivity index (χ1v) is 9.35. The summed E-state index contributed by atoms with van der Waals surface area (Å²) in [5, 5.41) is 3.01. The topological polar surface area (TPSA) is 56.5 Å². The molecule has 0 spiro atoms. The normalized spacial score (nSPS) is 11.0. The average Bonchev–Trinajstić information content (AvgIpc) is 2.71. The van der Waals surface area contributed by atoms with Gasteiger partial charge in [-0.3, -0.25) is 4.79 Å². The largest absolute Gasteiger partial charge is 0.485 e. The first-order chi connectivity index (χ1) is 13.6. The number of carbonyl (C=O) groups excluding carboxylic acids is 1. The van der Waals surface area contributed by atoms with Gasteiger partial charge in [-0.15, -0.1) is 0 Å². The third-order valence-corrected chi connectivity index (χ3v) is 4.76. The summed E-state index contributed by atoms with van der Waals surface area (Å²) < 4.78 is 11.0. The molecular formula is C24H20O4. The Labute approximate surface area is 162 Å². The van der Waals surface area contributed by atoms with Crippen molar-refractivity contribution in [3.8, 4) is 5.75 Å². The molecule has 1 heterocycles. The molecule has 0 unspecified atom stereocenters. The monoisotopic (exact) mass is 372 g/mol. The van der Waals surface area contributed by atoms with Crippen LogP contribution in [-0.2, 0) is 6.42 Å². The van der Waals surface area contributed by atoms with Gasteiger partial charge in [0, 0.05) is 23.1 Å². The van der Waals surface area contributed by atoms with E-state index in [0.717, 1.165) is 34.6 Å². The molecule has 4 aromatic rings. The zero-order valence-electron chi connectivity index (χ0n) is 15.6. The van der Waals surface area contributed by atoms with E-state index in [1.54, 1.807) is 12.1 Å². The summed E-state index contributed by atoms with van der Waals surface area (Å²) in [6.45, 7) is 1.99. The molecule has 0 atom stereocenters. The van der Waals surface area contributed by atoms with Crippen LogP contribution >= 0.6 is 0 Å². The van der Waals surface area contributed by atoms with Gasteiger partial charge in [0.2, 0.25) is 0 Å². The lowest BCUT2D eigenvalue weighted by Gasteiger charge is -2.09. The molecule has 4 nitrogen and oxygen atoms in total. The van der Waals surface area contributed by atoms with Gasteiger partial charge in [-0.05, 0) is 41.0 Å². The van der Waals surface area contributed by atoms with Gasteiger partial charge in [-0.2, -0.15) is 0 Å². The van der Waals surface area contributed by atoms with Gasteiger partial charge >= 0.3 is 5.63 Å². The number of rotatable bonds is 6. The summed E-state index contributed by atoms with van der Waals surface area (Å²) in [4.78, 5) is 24.3. The Morgan fingerprint density at radius 2 is 1.79 bits per heavy atom. The zero-order valence-corrected chi connectivity index (χ0v) is 15.6. The van der Waals surface area contributed by atoms with Crippen molar-refractivity contribution in [2.75, 3.05) is 6.61 Å². The highest BCUT2D eigenvalue weighted by Gasteiger charge is 2.10. The van der Waals surface area contributed by atoms with Gasteiger partial charge < -0.3 is 9.15 Å². The van der Waals surface area contributed by atoms with E-state index in [4.69, 9.17) is 9.15 Å². The number of Topliss-reactive ketones (excluding diaryl/α,β-unsaturated/α-hetero) is 1. The number of fused-ring (bicyclic) bond motifs is 2. The summed E-state index contributed by atoms with van der Waals surface area (Å²) in [5.74, 6) is 0.394. The van der Waals surface area contributed by atoms with Crippen LogP contribution in [0.25, 0.3) is 21.7 Å². The molecule has 1 aromatic heterocycles. The highest BCUT2D eigenvalue weighted by atomic mass is 16.5. The van der Waals surface area contributed by atoms with Crippen molar-refractivity contribution >= 4 is 27.5 Å². The fourth-order valence-electron chi connectivity index (χ4n) is 3.37. The second-order valence-corrected chi connectivity index (χ2v) is 6.77. The van der Waals surface area contributed by atoms with Gasteiger partial charge in [-0.25, -0.2) is 4.79 Å². The van der Waals surface area contributed by atoms with Crippen molar-refractivity contribution in [3.63, 3.8) is 0 Å². The first kappa shape index (κ1) is 18.0. The molecule has 0 aliphatic carbocycles. The molecule has 0 aliphatic heterocycles. The number of hydrogen-bond acceptors (Lipinski definition) is 4. The van der Waals surface area contributed by atoms with Crippen LogP contribution in [0.15, 0.2) is 75.9 Å². The fourth-order valence-corrected chi connectivity index (χ4v) is 3.37. The molecular weight excluding hydrogens is 352 g/mol. The molecule has 3 aromatic carbocycles. The van der Waals surface area contributed by atoms with Crippen LogP contribution in [-0.4, -0.2) is 12.4 Å². The number of aryl methyl sites for hydroxylation is 1. The van der Waals surface area contributed by atoms with E-state index in [1.807, 2.05) is 48.5 Å². The highest BCUT2D eigenvalue weighted by Crippen LogP contribution is 2.24. The van der Waals surface area contributed by atoms with Crippen molar-refractivity contribution in [3.05, 3.63) is 88.3 Å². The van der Waals surface area contributed by atoms with E-state index < -0.39 is 0 Å². The van der Waals surface area contributed by atoms with Crippen LogP contribution in [0.3, 0.4) is 0 Å². The quantitative estimate of drug-likeness (QED) is 0.346. The Morgan fingerprint density at radius 3 is 2.61 bits per heavy atom. The van der Waals surface area contributed by atoms with E-state index in [-0.39, 0.29) is 18.0 Å². The van der Waals surface area contributed by atoms with E-state index in [9.17, 15) is 9.59 Å². The van der Waals surface area contributed by atoms with Crippen molar-refractivity contribution in [1.29, 1.82) is 0 Å². The van der Waals surface area contributed by atoms with E-state index >= 15 is 0 Å². The van der Waals surface area contributed by atoms with E-state index in [2.05, 4.69) is 6.92 Å². The van der Waals surface area contributed by atoms with Crippen LogP contribution in [0.5, 0.6) is 5.75 Å². The van der Waals surface area contributed by atoms with Crippen LogP contribution in [0.4, 0.5) is 0 Å². The Kier molecular flexibility index (Phi) is 4.94. The molecule has 0 amide bonds. The van der Waals surface area contributed by atoms with Crippen molar-refractivity contribution in [2.45, 2.75) is 19.8 Å². The molecule has 0 saturated carbocycles. The smallest absolute Gasteiger partial charge is 0.336 e. The summed E-state index contributed by atoms with van der Waals surface area (Å²) in [6, 6.07) is 20.4. The molecule has 0 fully saturated rings. The minimum atomic E-state index is -0.375. The van der Waals surface area contributed by atoms with Crippen LogP contribution in [0.2, 0.25) is 0 Å². The lowest BCUT2D eigenvalue weighted by atomic mass is 10.0. The number of ketones is 1. The minimum Gasteiger partial charge on any atom is -0.485 e. The maximum Gasteiger partial charge on any atom is 0.336 e. The molecule has 0 aliphatic rings. The Morgan fingerprint density at radius 1 is 0.964 bits per heavy atom. The Hall–Kier alpha value is -3.40. The Balaban J connectivity index is 1.54. The second-order valence-electron chi connectivity index (χ2n) is 6.77. The van der Waals surface area contributed by atoms with Crippen molar-refractivity contribution in [1.82, 2.24) is 0 Å². The van der Waals surface area contributed by atoms with E-state index in [0.29, 0.717) is 16.9 Å². The minimum absolute atomic E-state index is 0.0806. The molecule has 4 heteroatoms. The molecule has 0 radical (unpaired) electrons. The zero-order chi connectivity index (χ0) is 19.5. The van der Waals surface area contributed by atoms with Crippen LogP contribution in [0.1, 0.15) is 29.3 Å². The second kappa shape index (κ2) is 7.69. The molecule has 28 heavy (non-hydrogen) atoms. The lowest BCUT2D eigenvalue weighted by molar-refractivity contribution is 0.0921. The SMILES string of the molecule is CCCc1cc(=O)oc2cc(OCC(=O)c3ccc4ccccc4c3)ccc12. The van der Waals surface area contributed by atoms with E-state index in [1.165, 1.54) is 6.07 Å². The summed E-state index contributed by atoms with van der Waals surface area (Å²) in [5.41, 5.74) is 1.68. The van der Waals surface area contributed by atoms with Crippen molar-refractivity contribution < 1.29 is 13.9 Å². The van der Waals surface area contributed by atoms with Gasteiger partial charge in [0.05, 0.1) is 0 Å². The molecule has 4 rings (SSSR count). The first-order valence-electron chi connectivity index (χ1n) is 9.35. The number of carbonyl (C=O) groups is 1. The van der Waals surface area contributed by atoms with Gasteiger partial charge in [-0.1, -0.05) is 49.7 Å². The predicted molar refractivity (Wildman–Crippen MR) is 110 cm³/mol. The summed E-state index contributed by atoms with van der Waals surface area (Å²) in [6.07, 6.45) is 1.75. The molecule has 0 N–H and O–H groups in total. The van der Waals surface area contributed by atoms with Crippen LogP contribution in [0, 0.1) is 0 Å². The average molecular weight is 372 g/mol. The third-order valence-electron chi connectivity index (χ3n) is 4.76. The maximum atomic E-state index is 12.5.